The highest BCUT2D eigenvalue weighted by atomic mass is 16.4. The second-order valence-electron chi connectivity index (χ2n) is 5.66. The Labute approximate surface area is 128 Å². The molecule has 2 aromatic heterocycles. The van der Waals surface area contributed by atoms with Crippen LogP contribution in [0.4, 0.5) is 0 Å². The maximum absolute atomic E-state index is 12.7. The summed E-state index contributed by atoms with van der Waals surface area (Å²) in [5, 5.41) is 13.3. The fourth-order valence-corrected chi connectivity index (χ4v) is 2.44. The SMILES string of the molecule is Cc1cc(C)n2nc(C)c(C(=O)N(C)CC(C)C(=O)O)c2n1. The van der Waals surface area contributed by atoms with Crippen LogP contribution in [0.15, 0.2) is 6.07 Å². The van der Waals surface area contributed by atoms with Gasteiger partial charge in [0.15, 0.2) is 5.65 Å². The summed E-state index contributed by atoms with van der Waals surface area (Å²) in [7, 11) is 1.59. The van der Waals surface area contributed by atoms with E-state index >= 15 is 0 Å². The van der Waals surface area contributed by atoms with Crippen molar-refractivity contribution in [1.29, 1.82) is 0 Å². The van der Waals surface area contributed by atoms with Gasteiger partial charge < -0.3 is 10.0 Å². The number of nitrogens with zero attached hydrogens (tertiary/aromatic N) is 4. The lowest BCUT2D eigenvalue weighted by Crippen LogP contribution is -2.34. The normalized spacial score (nSPS) is 12.4. The predicted octanol–water partition coefficient (Wildman–Crippen LogP) is 1.45. The molecule has 1 amide bonds. The predicted molar refractivity (Wildman–Crippen MR) is 81.0 cm³/mol. The highest BCUT2D eigenvalue weighted by Gasteiger charge is 2.24. The average molecular weight is 304 g/mol. The van der Waals surface area contributed by atoms with Crippen molar-refractivity contribution in [2.75, 3.05) is 13.6 Å². The third kappa shape index (κ3) is 2.79. The molecule has 2 heterocycles. The van der Waals surface area contributed by atoms with Crippen molar-refractivity contribution in [1.82, 2.24) is 19.5 Å². The van der Waals surface area contributed by atoms with E-state index in [4.69, 9.17) is 5.11 Å². The molecule has 0 spiro atoms. The molecule has 7 heteroatoms. The highest BCUT2D eigenvalue weighted by molar-refractivity contribution is 6.01. The van der Waals surface area contributed by atoms with Crippen molar-refractivity contribution in [3.8, 4) is 0 Å². The molecule has 2 aromatic rings. The zero-order valence-corrected chi connectivity index (χ0v) is 13.4. The molecular formula is C15H20N4O3. The fourth-order valence-electron chi connectivity index (χ4n) is 2.44. The Bertz CT molecular complexity index is 751. The van der Waals surface area contributed by atoms with Gasteiger partial charge in [-0.3, -0.25) is 9.59 Å². The smallest absolute Gasteiger partial charge is 0.308 e. The summed E-state index contributed by atoms with van der Waals surface area (Å²) in [5.41, 5.74) is 3.22. The molecule has 1 N–H and O–H groups in total. The third-order valence-corrected chi connectivity index (χ3v) is 3.60. The lowest BCUT2D eigenvalue weighted by atomic mass is 10.1. The van der Waals surface area contributed by atoms with Crippen LogP contribution < -0.4 is 0 Å². The van der Waals surface area contributed by atoms with E-state index in [2.05, 4.69) is 10.1 Å². The van der Waals surface area contributed by atoms with Crippen LogP contribution in [0.3, 0.4) is 0 Å². The molecule has 0 saturated heterocycles. The number of aromatic nitrogens is 3. The number of hydrogen-bond acceptors (Lipinski definition) is 4. The first-order chi connectivity index (χ1) is 10.2. The number of aryl methyl sites for hydroxylation is 3. The van der Waals surface area contributed by atoms with E-state index in [1.54, 1.807) is 25.4 Å². The van der Waals surface area contributed by atoms with Gasteiger partial charge in [-0.1, -0.05) is 6.92 Å². The average Bonchev–Trinajstić information content (AvgIpc) is 2.74. The molecule has 7 nitrogen and oxygen atoms in total. The maximum atomic E-state index is 12.7. The molecule has 0 aliphatic rings. The summed E-state index contributed by atoms with van der Waals surface area (Å²) in [5.74, 6) is -1.83. The summed E-state index contributed by atoms with van der Waals surface area (Å²) in [4.78, 5) is 29.4. The molecule has 0 bridgehead atoms. The number of rotatable bonds is 4. The van der Waals surface area contributed by atoms with Gasteiger partial charge in [-0.25, -0.2) is 9.50 Å². The molecule has 0 saturated carbocycles. The standard InChI is InChI=1S/C15H20N4O3/c1-8(15(21)22)7-18(5)14(20)12-11(4)17-19-10(3)6-9(2)16-13(12)19/h6,8H,7H2,1-5H3,(H,21,22). The van der Waals surface area contributed by atoms with Crippen LogP contribution in [-0.2, 0) is 4.79 Å². The van der Waals surface area contributed by atoms with Crippen LogP contribution in [-0.4, -0.2) is 50.1 Å². The Morgan fingerprint density at radius 3 is 2.59 bits per heavy atom. The van der Waals surface area contributed by atoms with Crippen molar-refractivity contribution in [3.05, 3.63) is 28.7 Å². The van der Waals surface area contributed by atoms with Gasteiger partial charge >= 0.3 is 5.97 Å². The zero-order chi connectivity index (χ0) is 16.6. The highest BCUT2D eigenvalue weighted by Crippen LogP contribution is 2.18. The number of aliphatic carboxylic acids is 1. The Morgan fingerprint density at radius 2 is 2.00 bits per heavy atom. The van der Waals surface area contributed by atoms with E-state index in [0.29, 0.717) is 16.9 Å². The van der Waals surface area contributed by atoms with Gasteiger partial charge in [0.2, 0.25) is 0 Å². The molecule has 0 aromatic carbocycles. The molecule has 22 heavy (non-hydrogen) atoms. The van der Waals surface area contributed by atoms with Crippen molar-refractivity contribution >= 4 is 17.5 Å². The van der Waals surface area contributed by atoms with Crippen molar-refractivity contribution in [2.45, 2.75) is 27.7 Å². The molecule has 0 aliphatic carbocycles. The van der Waals surface area contributed by atoms with Crippen LogP contribution in [0, 0.1) is 26.7 Å². The minimum Gasteiger partial charge on any atom is -0.481 e. The second kappa shape index (κ2) is 5.75. The van der Waals surface area contributed by atoms with E-state index in [-0.39, 0.29) is 12.5 Å². The number of carbonyl (C=O) groups is 2. The summed E-state index contributed by atoms with van der Waals surface area (Å²) in [6.07, 6.45) is 0. The summed E-state index contributed by atoms with van der Waals surface area (Å²) >= 11 is 0. The number of hydrogen-bond donors (Lipinski definition) is 1. The molecular weight excluding hydrogens is 284 g/mol. The van der Waals surface area contributed by atoms with Gasteiger partial charge in [0.25, 0.3) is 5.91 Å². The Morgan fingerprint density at radius 1 is 1.36 bits per heavy atom. The number of carboxylic acids is 1. The molecule has 0 radical (unpaired) electrons. The fraction of sp³-hybridized carbons (Fsp3) is 0.467. The summed E-state index contributed by atoms with van der Waals surface area (Å²) in [6, 6.07) is 1.89. The van der Waals surface area contributed by atoms with Crippen LogP contribution in [0.25, 0.3) is 5.65 Å². The van der Waals surface area contributed by atoms with Crippen molar-refractivity contribution in [2.24, 2.45) is 5.92 Å². The van der Waals surface area contributed by atoms with Gasteiger partial charge in [-0.2, -0.15) is 5.10 Å². The minimum absolute atomic E-state index is 0.135. The van der Waals surface area contributed by atoms with Gasteiger partial charge in [0.05, 0.1) is 11.6 Å². The Kier molecular flexibility index (Phi) is 4.16. The Hall–Kier alpha value is -2.44. The largest absolute Gasteiger partial charge is 0.481 e. The number of amides is 1. The first-order valence-corrected chi connectivity index (χ1v) is 7.04. The molecule has 2 rings (SSSR count). The Balaban J connectivity index is 2.44. The number of carboxylic acid groups (broad SMARTS) is 1. The lowest BCUT2D eigenvalue weighted by molar-refractivity contribution is -0.141. The van der Waals surface area contributed by atoms with Gasteiger partial charge in [-0.15, -0.1) is 0 Å². The minimum atomic E-state index is -0.930. The third-order valence-electron chi connectivity index (χ3n) is 3.60. The van der Waals surface area contributed by atoms with Crippen LogP contribution >= 0.6 is 0 Å². The van der Waals surface area contributed by atoms with E-state index < -0.39 is 11.9 Å². The quantitative estimate of drug-likeness (QED) is 0.923. The van der Waals surface area contributed by atoms with Crippen LogP contribution in [0.5, 0.6) is 0 Å². The van der Waals surface area contributed by atoms with Crippen molar-refractivity contribution < 1.29 is 14.7 Å². The van der Waals surface area contributed by atoms with Crippen LogP contribution in [0.1, 0.15) is 34.4 Å². The maximum Gasteiger partial charge on any atom is 0.308 e. The number of fused-ring (bicyclic) bond motifs is 1. The first-order valence-electron chi connectivity index (χ1n) is 7.04. The zero-order valence-electron chi connectivity index (χ0n) is 13.4. The monoisotopic (exact) mass is 304 g/mol. The number of carbonyl (C=O) groups excluding carboxylic acids is 1. The molecule has 0 aliphatic heterocycles. The molecule has 0 fully saturated rings. The van der Waals surface area contributed by atoms with E-state index in [1.165, 1.54) is 4.90 Å². The topological polar surface area (TPSA) is 87.8 Å². The molecule has 118 valence electrons. The van der Waals surface area contributed by atoms with E-state index in [0.717, 1.165) is 11.4 Å². The first kappa shape index (κ1) is 15.9. The van der Waals surface area contributed by atoms with Crippen LogP contribution in [0.2, 0.25) is 0 Å². The van der Waals surface area contributed by atoms with Gasteiger partial charge in [0.1, 0.15) is 5.56 Å². The van der Waals surface area contributed by atoms with Gasteiger partial charge in [0, 0.05) is 25.0 Å². The van der Waals surface area contributed by atoms with E-state index in [1.807, 2.05) is 19.9 Å². The molecule has 1 atom stereocenters. The lowest BCUT2D eigenvalue weighted by Gasteiger charge is -2.19. The van der Waals surface area contributed by atoms with Gasteiger partial charge in [-0.05, 0) is 26.8 Å². The van der Waals surface area contributed by atoms with E-state index in [9.17, 15) is 9.59 Å². The summed E-state index contributed by atoms with van der Waals surface area (Å²) in [6.45, 7) is 7.22. The second-order valence-corrected chi connectivity index (χ2v) is 5.66. The summed E-state index contributed by atoms with van der Waals surface area (Å²) < 4.78 is 1.64. The van der Waals surface area contributed by atoms with Crippen molar-refractivity contribution in [3.63, 3.8) is 0 Å². The molecule has 1 unspecified atom stereocenters.